The van der Waals surface area contributed by atoms with E-state index >= 15 is 0 Å². The largest absolute Gasteiger partial charge is 0.460 e. The van der Waals surface area contributed by atoms with E-state index in [1.54, 1.807) is 18.2 Å². The zero-order valence-electron chi connectivity index (χ0n) is 36.3. The van der Waals surface area contributed by atoms with E-state index in [4.69, 9.17) is 61.6 Å². The molecule has 2 rings (SSSR count). The van der Waals surface area contributed by atoms with Gasteiger partial charge in [0.15, 0.2) is 0 Å². The molecule has 0 bridgehead atoms. The molecule has 354 valence electrons. The van der Waals surface area contributed by atoms with Gasteiger partial charge in [-0.25, -0.2) is 4.79 Å². The average Bonchev–Trinajstić information content (AvgIpc) is 3.22. The van der Waals surface area contributed by atoms with Crippen molar-refractivity contribution in [3.63, 3.8) is 0 Å². The summed E-state index contributed by atoms with van der Waals surface area (Å²) in [5.41, 5.74) is -0.598. The molecule has 0 aliphatic heterocycles. The summed E-state index contributed by atoms with van der Waals surface area (Å²) >= 11 is 0. The number of carbonyl (C=O) groups excluding carboxylic acids is 2. The van der Waals surface area contributed by atoms with Crippen LogP contribution in [0.2, 0.25) is 0 Å². The molecule has 19 heteroatoms. The highest BCUT2D eigenvalue weighted by Crippen LogP contribution is 2.32. The molecule has 0 saturated heterocycles. The SMILES string of the molecule is CC(C)(C)OC(=O)CCOCCOCCOCCOCCOCCOCCOCCOCCOCCOCCOCCOC(=O)c1ccccc1Nc1cccc(C(F)(F)F)c1. The molecule has 0 aromatic heterocycles. The van der Waals surface area contributed by atoms with Gasteiger partial charge in [0.25, 0.3) is 0 Å². The molecule has 62 heavy (non-hydrogen) atoms. The van der Waals surface area contributed by atoms with Crippen molar-refractivity contribution in [2.45, 2.75) is 39.0 Å². The van der Waals surface area contributed by atoms with Crippen LogP contribution in [-0.2, 0) is 72.6 Å². The zero-order valence-corrected chi connectivity index (χ0v) is 36.3. The minimum absolute atomic E-state index is 0.00867. The summed E-state index contributed by atoms with van der Waals surface area (Å²) in [5, 5.41) is 2.86. The molecular weight excluding hydrogens is 827 g/mol. The fourth-order valence-corrected chi connectivity index (χ4v) is 4.82. The van der Waals surface area contributed by atoms with E-state index in [2.05, 4.69) is 5.32 Å². The van der Waals surface area contributed by atoms with E-state index < -0.39 is 23.3 Å². The Hall–Kier alpha value is -3.47. The Morgan fingerprint density at radius 2 is 0.855 bits per heavy atom. The molecule has 16 nitrogen and oxygen atoms in total. The minimum Gasteiger partial charge on any atom is -0.460 e. The maximum absolute atomic E-state index is 13.1. The highest BCUT2D eigenvalue weighted by molar-refractivity contribution is 5.96. The highest BCUT2D eigenvalue weighted by Gasteiger charge is 2.30. The summed E-state index contributed by atoms with van der Waals surface area (Å²) in [6.07, 6.45) is -4.27. The number of benzene rings is 2. The van der Waals surface area contributed by atoms with Crippen molar-refractivity contribution in [3.05, 3.63) is 59.7 Å². The number of carbonyl (C=O) groups is 2. The van der Waals surface area contributed by atoms with Crippen LogP contribution in [0.4, 0.5) is 24.5 Å². The Bertz CT molecular complexity index is 1430. The molecule has 0 aliphatic carbocycles. The number of hydrogen-bond acceptors (Lipinski definition) is 16. The van der Waals surface area contributed by atoms with Gasteiger partial charge in [-0.2, -0.15) is 13.2 Å². The molecule has 0 atom stereocenters. The molecule has 0 aliphatic rings. The van der Waals surface area contributed by atoms with Crippen molar-refractivity contribution in [2.24, 2.45) is 0 Å². The molecule has 2 aromatic rings. The number of nitrogens with one attached hydrogen (secondary N) is 1. The van der Waals surface area contributed by atoms with Crippen molar-refractivity contribution in [3.8, 4) is 0 Å². The fourth-order valence-electron chi connectivity index (χ4n) is 4.82. The lowest BCUT2D eigenvalue weighted by atomic mass is 10.1. The van der Waals surface area contributed by atoms with E-state index in [1.807, 2.05) is 20.8 Å². The lowest BCUT2D eigenvalue weighted by Crippen LogP contribution is -2.24. The number of rotatable bonds is 39. The normalized spacial score (nSPS) is 11.8. The first-order valence-corrected chi connectivity index (χ1v) is 20.7. The molecule has 1 N–H and O–H groups in total. The standard InChI is InChI=1S/C43H66F3NO15/c1-42(2,3)62-40(48)11-12-50-13-14-51-15-16-52-17-18-53-19-20-54-21-22-55-23-24-56-25-26-57-27-28-58-29-30-59-31-32-60-33-34-61-41(49)38-9-4-5-10-39(38)47-37-8-6-7-36(35-37)43(44,45)46/h4-10,35,47H,11-34H2,1-3H3. The third-order valence-corrected chi connectivity index (χ3v) is 7.67. The third kappa shape index (κ3) is 30.6. The Morgan fingerprint density at radius 1 is 0.484 bits per heavy atom. The van der Waals surface area contributed by atoms with Gasteiger partial charge in [0.1, 0.15) is 12.2 Å². The number of ether oxygens (including phenoxy) is 13. The summed E-state index contributed by atoms with van der Waals surface area (Å²) < 4.78 is 110. The summed E-state index contributed by atoms with van der Waals surface area (Å²) in [6, 6.07) is 11.1. The third-order valence-electron chi connectivity index (χ3n) is 7.67. The lowest BCUT2D eigenvalue weighted by molar-refractivity contribution is -0.156. The molecule has 0 amide bonds. The molecule has 0 fully saturated rings. The van der Waals surface area contributed by atoms with Crippen LogP contribution in [0, 0.1) is 0 Å². The van der Waals surface area contributed by atoms with Gasteiger partial charge in [-0.1, -0.05) is 18.2 Å². The van der Waals surface area contributed by atoms with Crippen LogP contribution >= 0.6 is 0 Å². The van der Waals surface area contributed by atoms with Crippen molar-refractivity contribution >= 4 is 23.3 Å². The maximum Gasteiger partial charge on any atom is 0.416 e. The second-order valence-electron chi connectivity index (χ2n) is 14.0. The van der Waals surface area contributed by atoms with Crippen LogP contribution < -0.4 is 5.32 Å². The van der Waals surface area contributed by atoms with Crippen molar-refractivity contribution < 1.29 is 84.3 Å². The van der Waals surface area contributed by atoms with Crippen LogP contribution in [0.15, 0.2) is 48.5 Å². The zero-order chi connectivity index (χ0) is 45.0. The van der Waals surface area contributed by atoms with Crippen LogP contribution in [0.1, 0.15) is 43.1 Å². The van der Waals surface area contributed by atoms with Gasteiger partial charge in [0, 0.05) is 5.69 Å². The summed E-state index contributed by atoms with van der Waals surface area (Å²) in [4.78, 5) is 24.2. The quantitative estimate of drug-likeness (QED) is 0.0658. The van der Waals surface area contributed by atoms with Gasteiger partial charge < -0.3 is 66.9 Å². The molecule has 0 heterocycles. The fraction of sp³-hybridized carbons (Fsp3) is 0.674. The van der Waals surface area contributed by atoms with Crippen molar-refractivity contribution in [1.82, 2.24) is 0 Å². The number of anilines is 2. The summed E-state index contributed by atoms with van der Waals surface area (Å²) in [6.45, 7) is 14.4. The van der Waals surface area contributed by atoms with Gasteiger partial charge in [0.05, 0.1) is 169 Å². The second-order valence-corrected chi connectivity index (χ2v) is 14.0. The van der Waals surface area contributed by atoms with Crippen LogP contribution in [0.5, 0.6) is 0 Å². The molecule has 0 radical (unpaired) electrons. The number of esters is 2. The first-order chi connectivity index (χ1) is 30.0. The van der Waals surface area contributed by atoms with Crippen molar-refractivity contribution in [2.75, 3.05) is 157 Å². The van der Waals surface area contributed by atoms with Gasteiger partial charge in [-0.05, 0) is 51.1 Å². The van der Waals surface area contributed by atoms with E-state index in [1.165, 1.54) is 18.2 Å². The van der Waals surface area contributed by atoms with Crippen LogP contribution in [0.25, 0.3) is 0 Å². The summed E-state index contributed by atoms with van der Waals surface area (Å²) in [5.74, 6) is -0.913. The molecule has 0 saturated carbocycles. The average molecular weight is 894 g/mol. The number of para-hydroxylation sites is 1. The first-order valence-electron chi connectivity index (χ1n) is 20.7. The molecule has 2 aromatic carbocycles. The predicted molar refractivity (Wildman–Crippen MR) is 221 cm³/mol. The second kappa shape index (κ2) is 34.9. The Labute approximate surface area is 363 Å². The highest BCUT2D eigenvalue weighted by atomic mass is 19.4. The van der Waals surface area contributed by atoms with Gasteiger partial charge >= 0.3 is 18.1 Å². The van der Waals surface area contributed by atoms with Gasteiger partial charge in [0.2, 0.25) is 0 Å². The Morgan fingerprint density at radius 3 is 1.24 bits per heavy atom. The van der Waals surface area contributed by atoms with Crippen molar-refractivity contribution in [1.29, 1.82) is 0 Å². The Kier molecular flexibility index (Phi) is 30.8. The van der Waals surface area contributed by atoms with E-state index in [0.717, 1.165) is 12.1 Å². The predicted octanol–water partition coefficient (Wildman–Crippen LogP) is 5.52. The molecular formula is C43H66F3NO15. The van der Waals surface area contributed by atoms with Gasteiger partial charge in [-0.15, -0.1) is 0 Å². The molecule has 0 unspecified atom stereocenters. The van der Waals surface area contributed by atoms with Crippen LogP contribution in [-0.4, -0.2) is 169 Å². The number of hydrogen-bond donors (Lipinski definition) is 1. The van der Waals surface area contributed by atoms with E-state index in [-0.39, 0.29) is 36.9 Å². The number of halogens is 3. The summed E-state index contributed by atoms with van der Waals surface area (Å²) in [7, 11) is 0. The van der Waals surface area contributed by atoms with E-state index in [0.29, 0.717) is 144 Å². The maximum atomic E-state index is 13.1. The first kappa shape index (κ1) is 54.7. The van der Waals surface area contributed by atoms with Gasteiger partial charge in [-0.3, -0.25) is 4.79 Å². The van der Waals surface area contributed by atoms with E-state index in [9.17, 15) is 22.8 Å². The Balaban J connectivity index is 1.24. The molecule has 0 spiro atoms. The monoisotopic (exact) mass is 893 g/mol. The number of alkyl halides is 3. The topological polar surface area (TPSA) is 166 Å². The lowest BCUT2D eigenvalue weighted by Gasteiger charge is -2.19. The smallest absolute Gasteiger partial charge is 0.416 e. The van der Waals surface area contributed by atoms with Crippen LogP contribution in [0.3, 0.4) is 0 Å². The minimum atomic E-state index is -4.48.